The van der Waals surface area contributed by atoms with Crippen LogP contribution in [0.4, 0.5) is 5.69 Å². The first-order chi connectivity index (χ1) is 8.00. The molecular weight excluding hydrogens is 214 g/mol. The molecule has 0 radical (unpaired) electrons. The van der Waals surface area contributed by atoms with Gasteiger partial charge in [0.15, 0.2) is 0 Å². The highest BCUT2D eigenvalue weighted by atomic mass is 16.2. The normalized spacial score (nSPS) is 9.71. The molecule has 0 fully saturated rings. The lowest BCUT2D eigenvalue weighted by Gasteiger charge is -1.99. The Morgan fingerprint density at radius 3 is 2.18 bits per heavy atom. The Kier molecular flexibility index (Phi) is 6.71. The van der Waals surface area contributed by atoms with E-state index in [4.69, 9.17) is 0 Å². The lowest BCUT2D eigenvalue weighted by molar-refractivity contribution is -0.131. The molecule has 0 bridgehead atoms. The van der Waals surface area contributed by atoms with Gasteiger partial charge in [-0.15, -0.1) is 0 Å². The summed E-state index contributed by atoms with van der Waals surface area (Å²) in [6.45, 7) is 9.21. The van der Waals surface area contributed by atoms with Gasteiger partial charge in [-0.1, -0.05) is 19.9 Å². The van der Waals surface area contributed by atoms with Crippen molar-refractivity contribution in [1.82, 2.24) is 0 Å². The number of carbonyl (C=O) groups is 2. The van der Waals surface area contributed by atoms with Gasteiger partial charge in [-0.3, -0.25) is 14.6 Å². The molecule has 1 rings (SSSR count). The Labute approximate surface area is 103 Å². The molecule has 0 heterocycles. The molecule has 0 aliphatic carbocycles. The summed E-state index contributed by atoms with van der Waals surface area (Å²) < 4.78 is 0. The maximum atomic E-state index is 11.0. The van der Waals surface area contributed by atoms with E-state index in [1.807, 2.05) is 45.9 Å². The van der Waals surface area contributed by atoms with Crippen LogP contribution >= 0.6 is 0 Å². The molecule has 3 nitrogen and oxygen atoms in total. The number of ketones is 2. The fourth-order valence-electron chi connectivity index (χ4n) is 1.03. The van der Waals surface area contributed by atoms with Crippen molar-refractivity contribution < 1.29 is 9.59 Å². The average molecular weight is 233 g/mol. The predicted octanol–water partition coefficient (Wildman–Crippen LogP) is 3.19. The molecule has 0 aromatic heterocycles. The Morgan fingerprint density at radius 1 is 1.12 bits per heavy atom. The maximum Gasteiger partial charge on any atom is 0.239 e. The van der Waals surface area contributed by atoms with Crippen molar-refractivity contribution >= 4 is 23.5 Å². The van der Waals surface area contributed by atoms with Gasteiger partial charge in [-0.25, -0.2) is 0 Å². The van der Waals surface area contributed by atoms with Gasteiger partial charge in [0.1, 0.15) is 0 Å². The molecule has 17 heavy (non-hydrogen) atoms. The zero-order valence-corrected chi connectivity index (χ0v) is 11.1. The van der Waals surface area contributed by atoms with E-state index in [1.54, 1.807) is 0 Å². The largest absolute Gasteiger partial charge is 0.291 e. The van der Waals surface area contributed by atoms with Crippen LogP contribution in [0.5, 0.6) is 0 Å². The number of carbonyl (C=O) groups excluding carboxylic acids is 2. The molecule has 1 aromatic carbocycles. The predicted molar refractivity (Wildman–Crippen MR) is 71.1 cm³/mol. The number of benzene rings is 1. The third kappa shape index (κ3) is 5.20. The topological polar surface area (TPSA) is 46.5 Å². The highest BCUT2D eigenvalue weighted by Gasteiger charge is 2.02. The van der Waals surface area contributed by atoms with E-state index < -0.39 is 11.6 Å². The fraction of sp³-hybridized carbons (Fsp3) is 0.357. The van der Waals surface area contributed by atoms with Crippen LogP contribution in [0.1, 0.15) is 31.9 Å². The molecule has 3 heteroatoms. The van der Waals surface area contributed by atoms with Crippen molar-refractivity contribution in [2.45, 2.75) is 34.6 Å². The average Bonchev–Trinajstić information content (AvgIpc) is 2.32. The molecule has 1 aromatic rings. The summed E-state index contributed by atoms with van der Waals surface area (Å²) in [6.07, 6.45) is 1.06. The minimum Gasteiger partial charge on any atom is -0.291 e. The fourth-order valence-corrected chi connectivity index (χ4v) is 1.03. The second-order valence-corrected chi connectivity index (χ2v) is 3.45. The van der Waals surface area contributed by atoms with Gasteiger partial charge in [-0.2, -0.15) is 0 Å². The van der Waals surface area contributed by atoms with E-state index in [1.165, 1.54) is 12.5 Å². The monoisotopic (exact) mass is 233 g/mol. The summed E-state index contributed by atoms with van der Waals surface area (Å²) >= 11 is 0. The Balaban J connectivity index is 0.00000121. The Bertz CT molecular complexity index is 434. The van der Waals surface area contributed by atoms with E-state index in [-0.39, 0.29) is 0 Å². The minimum absolute atomic E-state index is 0.498. The van der Waals surface area contributed by atoms with Crippen LogP contribution < -0.4 is 0 Å². The number of Topliss-reactive ketones (excluding diaryl/α,β-unsaturated/α-hetero) is 2. The maximum absolute atomic E-state index is 11.0. The molecule has 0 unspecified atom stereocenters. The van der Waals surface area contributed by atoms with E-state index in [0.717, 1.165) is 11.8 Å². The van der Waals surface area contributed by atoms with Crippen molar-refractivity contribution in [1.29, 1.82) is 0 Å². The number of hydrogen-bond donors (Lipinski definition) is 0. The van der Waals surface area contributed by atoms with Gasteiger partial charge in [0.2, 0.25) is 11.6 Å². The Hall–Kier alpha value is -1.77. The van der Waals surface area contributed by atoms with E-state index in [0.29, 0.717) is 5.69 Å². The first-order valence-electron chi connectivity index (χ1n) is 5.67. The van der Waals surface area contributed by atoms with E-state index in [9.17, 15) is 9.59 Å². The summed E-state index contributed by atoms with van der Waals surface area (Å²) in [6, 6.07) is 5.62. The van der Waals surface area contributed by atoms with Gasteiger partial charge in [0.25, 0.3) is 0 Å². The lowest BCUT2D eigenvalue weighted by atomic mass is 10.1. The van der Waals surface area contributed by atoms with Crippen LogP contribution in [0, 0.1) is 13.8 Å². The van der Waals surface area contributed by atoms with Gasteiger partial charge >= 0.3 is 0 Å². The minimum atomic E-state index is -0.576. The van der Waals surface area contributed by atoms with Crippen molar-refractivity contribution in [2.24, 2.45) is 4.99 Å². The summed E-state index contributed by atoms with van der Waals surface area (Å²) in [5.41, 5.74) is 2.97. The van der Waals surface area contributed by atoms with Crippen LogP contribution in [0.25, 0.3) is 0 Å². The highest BCUT2D eigenvalue weighted by Crippen LogP contribution is 2.16. The smallest absolute Gasteiger partial charge is 0.239 e. The zero-order valence-electron chi connectivity index (χ0n) is 11.1. The summed E-state index contributed by atoms with van der Waals surface area (Å²) in [5.74, 6) is -1.07. The van der Waals surface area contributed by atoms with E-state index >= 15 is 0 Å². The van der Waals surface area contributed by atoms with Crippen LogP contribution in [0.3, 0.4) is 0 Å². The third-order valence-corrected chi connectivity index (χ3v) is 2.17. The van der Waals surface area contributed by atoms with Gasteiger partial charge in [0, 0.05) is 6.92 Å². The molecule has 0 amide bonds. The molecule has 0 aliphatic heterocycles. The van der Waals surface area contributed by atoms with Crippen LogP contribution in [-0.4, -0.2) is 17.8 Å². The molecule has 0 spiro atoms. The van der Waals surface area contributed by atoms with Crippen molar-refractivity contribution in [3.8, 4) is 0 Å². The molecule has 0 N–H and O–H groups in total. The van der Waals surface area contributed by atoms with Gasteiger partial charge in [-0.05, 0) is 37.1 Å². The summed E-state index contributed by atoms with van der Waals surface area (Å²) in [4.78, 5) is 25.5. The Morgan fingerprint density at radius 2 is 1.71 bits per heavy atom. The number of aryl methyl sites for hydroxylation is 2. The summed E-state index contributed by atoms with van der Waals surface area (Å²) in [7, 11) is 0. The first-order valence-corrected chi connectivity index (χ1v) is 5.67. The molecule has 0 saturated carbocycles. The number of nitrogens with zero attached hydrogens (tertiary/aromatic N) is 1. The number of rotatable bonds is 3. The molecule has 0 aliphatic rings. The molecule has 92 valence electrons. The van der Waals surface area contributed by atoms with Gasteiger partial charge in [0.05, 0.1) is 11.9 Å². The number of aliphatic imine (C=N–C) groups is 1. The first kappa shape index (κ1) is 15.2. The second kappa shape index (κ2) is 7.49. The van der Waals surface area contributed by atoms with Crippen molar-refractivity contribution in [2.75, 3.05) is 0 Å². The lowest BCUT2D eigenvalue weighted by Crippen LogP contribution is -2.09. The van der Waals surface area contributed by atoms with Crippen LogP contribution in [-0.2, 0) is 9.59 Å². The third-order valence-electron chi connectivity index (χ3n) is 2.17. The molecule has 0 saturated heterocycles. The zero-order chi connectivity index (χ0) is 13.4. The highest BCUT2D eigenvalue weighted by molar-refractivity contribution is 6.58. The van der Waals surface area contributed by atoms with E-state index in [2.05, 4.69) is 4.99 Å². The van der Waals surface area contributed by atoms with Crippen molar-refractivity contribution in [3.05, 3.63) is 29.3 Å². The van der Waals surface area contributed by atoms with Crippen LogP contribution in [0.2, 0.25) is 0 Å². The quantitative estimate of drug-likeness (QED) is 0.594. The SMILES string of the molecule is CC.CC(=O)C(=O)C=Nc1ccc(C)c(C)c1. The van der Waals surface area contributed by atoms with Crippen LogP contribution in [0.15, 0.2) is 23.2 Å². The van der Waals surface area contributed by atoms with Crippen molar-refractivity contribution in [3.63, 3.8) is 0 Å². The summed E-state index contributed by atoms with van der Waals surface area (Å²) in [5, 5.41) is 0. The van der Waals surface area contributed by atoms with Gasteiger partial charge < -0.3 is 0 Å². The standard InChI is InChI=1S/C12H13NO2.C2H6/c1-8-4-5-11(6-9(8)2)13-7-12(15)10(3)14;1-2/h4-7H,1-3H3;1-2H3. The second-order valence-electron chi connectivity index (χ2n) is 3.45. The molecular formula is C14H19NO2. The number of hydrogen-bond acceptors (Lipinski definition) is 3. The molecule has 0 atom stereocenters.